The van der Waals surface area contributed by atoms with Crippen LogP contribution in [0.2, 0.25) is 0 Å². The van der Waals surface area contributed by atoms with Crippen molar-refractivity contribution in [1.82, 2.24) is 10.2 Å². The van der Waals surface area contributed by atoms with Crippen molar-refractivity contribution in [3.63, 3.8) is 0 Å². The summed E-state index contributed by atoms with van der Waals surface area (Å²) in [5, 5.41) is 3.22. The number of nitrogens with one attached hydrogen (secondary N) is 1. The molecule has 6 heteroatoms. The Morgan fingerprint density at radius 3 is 2.62 bits per heavy atom. The highest BCUT2D eigenvalue weighted by Gasteiger charge is 2.27. The molecule has 0 aromatic heterocycles. The Hall–Kier alpha value is -1.59. The van der Waals surface area contributed by atoms with Gasteiger partial charge in [-0.05, 0) is 18.1 Å². The second kappa shape index (κ2) is 6.91. The second-order valence-corrected chi connectivity index (χ2v) is 5.24. The van der Waals surface area contributed by atoms with Crippen molar-refractivity contribution in [3.05, 3.63) is 29.8 Å². The summed E-state index contributed by atoms with van der Waals surface area (Å²) >= 11 is 0. The molecule has 0 radical (unpaired) electrons. The second-order valence-electron chi connectivity index (χ2n) is 5.24. The van der Waals surface area contributed by atoms with E-state index in [0.717, 1.165) is 43.9 Å². The number of hydrogen-bond donors (Lipinski definition) is 1. The molecule has 1 aromatic carbocycles. The molecule has 2 aliphatic heterocycles. The maximum atomic E-state index is 12.3. The van der Waals surface area contributed by atoms with Gasteiger partial charge in [0, 0.05) is 38.3 Å². The number of fused-ring (bicyclic) bond motifs is 1. The average molecular weight is 310 g/mol. The molecule has 1 aromatic rings. The van der Waals surface area contributed by atoms with Crippen molar-refractivity contribution >= 4 is 29.9 Å². The van der Waals surface area contributed by atoms with E-state index in [1.165, 1.54) is 0 Å². The molecule has 21 heavy (non-hydrogen) atoms. The summed E-state index contributed by atoms with van der Waals surface area (Å²) in [6, 6.07) is 7.85. The Bertz CT molecular complexity index is 529. The Kier molecular flexibility index (Phi) is 5.20. The zero-order valence-corrected chi connectivity index (χ0v) is 12.7. The van der Waals surface area contributed by atoms with Crippen molar-refractivity contribution in [1.29, 1.82) is 0 Å². The van der Waals surface area contributed by atoms with Gasteiger partial charge in [0.15, 0.2) is 0 Å². The lowest BCUT2D eigenvalue weighted by Gasteiger charge is -2.33. The van der Waals surface area contributed by atoms with Gasteiger partial charge in [0.1, 0.15) is 6.54 Å². The number of piperazine rings is 1. The predicted molar refractivity (Wildman–Crippen MR) is 83.8 cm³/mol. The molecule has 2 amide bonds. The molecule has 0 aliphatic carbocycles. The third kappa shape index (κ3) is 3.36. The Morgan fingerprint density at radius 1 is 1.14 bits per heavy atom. The van der Waals surface area contributed by atoms with Crippen molar-refractivity contribution in [2.45, 2.75) is 12.8 Å². The fourth-order valence-electron chi connectivity index (χ4n) is 2.82. The zero-order valence-electron chi connectivity index (χ0n) is 11.9. The lowest BCUT2D eigenvalue weighted by molar-refractivity contribution is -0.132. The SMILES string of the molecule is Cl.O=C(CN1C(=O)CCc2ccccc21)N1CCNCC1. The van der Waals surface area contributed by atoms with Crippen LogP contribution >= 0.6 is 12.4 Å². The van der Waals surface area contributed by atoms with Crippen LogP contribution in [0, 0.1) is 0 Å². The summed E-state index contributed by atoms with van der Waals surface area (Å²) in [4.78, 5) is 27.9. The highest BCUT2D eigenvalue weighted by atomic mass is 35.5. The number of carbonyl (C=O) groups is 2. The van der Waals surface area contributed by atoms with E-state index in [-0.39, 0.29) is 30.8 Å². The molecule has 1 saturated heterocycles. The van der Waals surface area contributed by atoms with E-state index in [9.17, 15) is 9.59 Å². The third-order valence-corrected chi connectivity index (χ3v) is 3.95. The number of amides is 2. The molecule has 0 atom stereocenters. The minimum absolute atomic E-state index is 0. The number of carbonyl (C=O) groups excluding carboxylic acids is 2. The topological polar surface area (TPSA) is 52.7 Å². The molecule has 2 aliphatic rings. The molecule has 3 rings (SSSR count). The first-order valence-electron chi connectivity index (χ1n) is 7.12. The van der Waals surface area contributed by atoms with E-state index < -0.39 is 0 Å². The summed E-state index contributed by atoms with van der Waals surface area (Å²) in [6.45, 7) is 3.27. The van der Waals surface area contributed by atoms with Gasteiger partial charge in [0.25, 0.3) is 0 Å². The van der Waals surface area contributed by atoms with Crippen LogP contribution in [0.15, 0.2) is 24.3 Å². The number of benzene rings is 1. The molecule has 2 heterocycles. The van der Waals surface area contributed by atoms with Crippen LogP contribution in [0.3, 0.4) is 0 Å². The maximum absolute atomic E-state index is 12.3. The van der Waals surface area contributed by atoms with Gasteiger partial charge < -0.3 is 15.1 Å². The molecule has 5 nitrogen and oxygen atoms in total. The summed E-state index contributed by atoms with van der Waals surface area (Å²) in [5.74, 6) is 0.0868. The fraction of sp³-hybridized carbons (Fsp3) is 0.467. The third-order valence-electron chi connectivity index (χ3n) is 3.95. The lowest BCUT2D eigenvalue weighted by atomic mass is 10.0. The first-order valence-corrected chi connectivity index (χ1v) is 7.12. The summed E-state index contributed by atoms with van der Waals surface area (Å²) in [5.41, 5.74) is 2.05. The van der Waals surface area contributed by atoms with E-state index in [1.54, 1.807) is 4.90 Å². The van der Waals surface area contributed by atoms with Gasteiger partial charge in [-0.1, -0.05) is 18.2 Å². The molecule has 0 spiro atoms. The number of hydrogen-bond acceptors (Lipinski definition) is 3. The van der Waals surface area contributed by atoms with E-state index in [0.29, 0.717) is 6.42 Å². The summed E-state index contributed by atoms with van der Waals surface area (Å²) in [6.07, 6.45) is 1.26. The van der Waals surface area contributed by atoms with Crippen LogP contribution in [-0.2, 0) is 16.0 Å². The van der Waals surface area contributed by atoms with Crippen LogP contribution < -0.4 is 10.2 Å². The molecular formula is C15H20ClN3O2. The largest absolute Gasteiger partial charge is 0.339 e. The van der Waals surface area contributed by atoms with Crippen LogP contribution in [0.4, 0.5) is 5.69 Å². The van der Waals surface area contributed by atoms with Gasteiger partial charge in [-0.25, -0.2) is 0 Å². The van der Waals surface area contributed by atoms with Gasteiger partial charge in [-0.2, -0.15) is 0 Å². The first kappa shape index (κ1) is 15.8. The number of nitrogens with zero attached hydrogens (tertiary/aromatic N) is 2. The van der Waals surface area contributed by atoms with Crippen LogP contribution in [-0.4, -0.2) is 49.4 Å². The number of halogens is 1. The van der Waals surface area contributed by atoms with E-state index in [1.807, 2.05) is 29.2 Å². The monoisotopic (exact) mass is 309 g/mol. The molecule has 114 valence electrons. The normalized spacial score (nSPS) is 18.0. The highest BCUT2D eigenvalue weighted by molar-refractivity contribution is 6.01. The first-order chi connectivity index (χ1) is 9.75. The standard InChI is InChI=1S/C15H19N3O2.ClH/c19-14-6-5-12-3-1-2-4-13(12)18(14)11-15(20)17-9-7-16-8-10-17;/h1-4,16H,5-11H2;1H. The maximum Gasteiger partial charge on any atom is 0.242 e. The molecule has 1 fully saturated rings. The molecule has 0 bridgehead atoms. The van der Waals surface area contributed by atoms with E-state index >= 15 is 0 Å². The molecular weight excluding hydrogens is 290 g/mol. The molecule has 0 saturated carbocycles. The minimum atomic E-state index is 0. The van der Waals surface area contributed by atoms with Gasteiger partial charge in [-0.15, -0.1) is 12.4 Å². The van der Waals surface area contributed by atoms with E-state index in [2.05, 4.69) is 5.32 Å². The van der Waals surface area contributed by atoms with Crippen molar-refractivity contribution in [3.8, 4) is 0 Å². The van der Waals surface area contributed by atoms with Gasteiger partial charge in [-0.3, -0.25) is 9.59 Å². The number of para-hydroxylation sites is 1. The number of aryl methyl sites for hydroxylation is 1. The molecule has 0 unspecified atom stereocenters. The summed E-state index contributed by atoms with van der Waals surface area (Å²) < 4.78 is 0. The van der Waals surface area contributed by atoms with Crippen LogP contribution in [0.5, 0.6) is 0 Å². The minimum Gasteiger partial charge on any atom is -0.339 e. The van der Waals surface area contributed by atoms with Crippen LogP contribution in [0.25, 0.3) is 0 Å². The van der Waals surface area contributed by atoms with Crippen molar-refractivity contribution in [2.75, 3.05) is 37.6 Å². The van der Waals surface area contributed by atoms with Crippen molar-refractivity contribution in [2.24, 2.45) is 0 Å². The van der Waals surface area contributed by atoms with Crippen molar-refractivity contribution < 1.29 is 9.59 Å². The smallest absolute Gasteiger partial charge is 0.242 e. The highest BCUT2D eigenvalue weighted by Crippen LogP contribution is 2.27. The predicted octanol–water partition coefficient (Wildman–Crippen LogP) is 0.819. The Balaban J connectivity index is 0.00000161. The zero-order chi connectivity index (χ0) is 13.9. The lowest BCUT2D eigenvalue weighted by Crippen LogP contribution is -2.51. The van der Waals surface area contributed by atoms with Gasteiger partial charge >= 0.3 is 0 Å². The number of anilines is 1. The van der Waals surface area contributed by atoms with Gasteiger partial charge in [0.05, 0.1) is 0 Å². The summed E-state index contributed by atoms with van der Waals surface area (Å²) in [7, 11) is 0. The van der Waals surface area contributed by atoms with Gasteiger partial charge in [0.2, 0.25) is 11.8 Å². The fourth-order valence-corrected chi connectivity index (χ4v) is 2.82. The Labute approximate surface area is 130 Å². The van der Waals surface area contributed by atoms with Crippen LogP contribution in [0.1, 0.15) is 12.0 Å². The van der Waals surface area contributed by atoms with E-state index in [4.69, 9.17) is 0 Å². The molecule has 1 N–H and O–H groups in total. The quantitative estimate of drug-likeness (QED) is 0.880. The average Bonchev–Trinajstić information content (AvgIpc) is 2.51. The number of rotatable bonds is 2. The Morgan fingerprint density at radius 2 is 1.86 bits per heavy atom.